The molecule has 0 spiro atoms. The van der Waals surface area contributed by atoms with E-state index in [0.29, 0.717) is 6.54 Å². The maximum absolute atomic E-state index is 12.6. The summed E-state index contributed by atoms with van der Waals surface area (Å²) in [5.74, 6) is -1.21. The summed E-state index contributed by atoms with van der Waals surface area (Å²) in [7, 11) is 0. The molecule has 2 N–H and O–H groups in total. The lowest BCUT2D eigenvalue weighted by Crippen LogP contribution is -2.43. The minimum atomic E-state index is -1.12. The van der Waals surface area contributed by atoms with Crippen molar-refractivity contribution in [1.29, 1.82) is 0 Å². The SMILES string of the molecule is O=C(NC(Cc1cccn1Cc1ccccn1)C(=O)O)OCC1c2ccccc2-c2ccccc21. The highest BCUT2D eigenvalue weighted by Gasteiger charge is 2.30. The molecule has 1 amide bonds. The fourth-order valence-electron chi connectivity index (χ4n) is 4.65. The Morgan fingerprint density at radius 2 is 1.63 bits per heavy atom. The molecule has 0 saturated heterocycles. The number of carbonyl (C=O) groups excluding carboxylic acids is 1. The molecule has 4 aromatic rings. The average molecular weight is 468 g/mol. The van der Waals surface area contributed by atoms with Crippen molar-refractivity contribution in [2.75, 3.05) is 6.61 Å². The molecule has 7 nitrogen and oxygen atoms in total. The molecular weight excluding hydrogens is 442 g/mol. The number of ether oxygens (including phenoxy) is 1. The van der Waals surface area contributed by atoms with Crippen molar-refractivity contribution in [3.8, 4) is 11.1 Å². The Morgan fingerprint density at radius 3 is 2.29 bits per heavy atom. The normalized spacial score (nSPS) is 13.0. The number of hydrogen-bond acceptors (Lipinski definition) is 4. The predicted molar refractivity (Wildman–Crippen MR) is 131 cm³/mol. The Hall–Kier alpha value is -4.39. The summed E-state index contributed by atoms with van der Waals surface area (Å²) in [5, 5.41) is 12.3. The number of fused-ring (bicyclic) bond motifs is 3. The molecule has 0 aliphatic heterocycles. The number of carbonyl (C=O) groups is 2. The molecule has 1 unspecified atom stereocenters. The first-order chi connectivity index (χ1) is 17.1. The zero-order chi connectivity index (χ0) is 24.2. The molecule has 1 atom stereocenters. The first-order valence-corrected chi connectivity index (χ1v) is 11.5. The van der Waals surface area contributed by atoms with Gasteiger partial charge in [0, 0.05) is 30.4 Å². The first-order valence-electron chi connectivity index (χ1n) is 11.5. The summed E-state index contributed by atoms with van der Waals surface area (Å²) in [6.07, 6.45) is 2.97. The number of carboxylic acid groups (broad SMARTS) is 1. The number of rotatable bonds is 8. The number of carboxylic acids is 1. The minimum Gasteiger partial charge on any atom is -0.480 e. The molecule has 0 bridgehead atoms. The fourth-order valence-corrected chi connectivity index (χ4v) is 4.65. The number of nitrogens with zero attached hydrogens (tertiary/aromatic N) is 2. The van der Waals surface area contributed by atoms with E-state index in [9.17, 15) is 14.7 Å². The van der Waals surface area contributed by atoms with Gasteiger partial charge in [-0.25, -0.2) is 9.59 Å². The molecule has 2 aromatic heterocycles. The molecule has 0 radical (unpaired) electrons. The molecule has 7 heteroatoms. The predicted octanol–water partition coefficient (Wildman–Crippen LogP) is 4.47. The zero-order valence-corrected chi connectivity index (χ0v) is 19.0. The Balaban J connectivity index is 1.24. The van der Waals surface area contributed by atoms with Gasteiger partial charge < -0.3 is 19.7 Å². The molecule has 35 heavy (non-hydrogen) atoms. The van der Waals surface area contributed by atoms with Gasteiger partial charge in [-0.1, -0.05) is 54.6 Å². The zero-order valence-electron chi connectivity index (χ0n) is 19.0. The van der Waals surface area contributed by atoms with E-state index < -0.39 is 18.1 Å². The summed E-state index contributed by atoms with van der Waals surface area (Å²) in [6, 6.07) is 24.4. The topological polar surface area (TPSA) is 93.5 Å². The third-order valence-corrected chi connectivity index (χ3v) is 6.33. The largest absolute Gasteiger partial charge is 0.480 e. The van der Waals surface area contributed by atoms with Gasteiger partial charge >= 0.3 is 12.1 Å². The van der Waals surface area contributed by atoms with Gasteiger partial charge in [0.15, 0.2) is 0 Å². The molecule has 1 aliphatic rings. The van der Waals surface area contributed by atoms with Gasteiger partial charge in [0.1, 0.15) is 12.6 Å². The van der Waals surface area contributed by atoms with E-state index >= 15 is 0 Å². The highest BCUT2D eigenvalue weighted by atomic mass is 16.5. The van der Waals surface area contributed by atoms with Crippen molar-refractivity contribution in [2.24, 2.45) is 0 Å². The number of hydrogen-bond donors (Lipinski definition) is 2. The van der Waals surface area contributed by atoms with Gasteiger partial charge in [-0.15, -0.1) is 0 Å². The molecule has 2 aromatic carbocycles. The maximum atomic E-state index is 12.6. The van der Waals surface area contributed by atoms with Gasteiger partial charge in [-0.05, 0) is 46.5 Å². The van der Waals surface area contributed by atoms with Crippen molar-refractivity contribution in [2.45, 2.75) is 24.9 Å². The van der Waals surface area contributed by atoms with Crippen LogP contribution in [0.3, 0.4) is 0 Å². The quantitative estimate of drug-likeness (QED) is 0.399. The van der Waals surface area contributed by atoms with Crippen LogP contribution in [0.4, 0.5) is 4.79 Å². The number of aliphatic carboxylic acids is 1. The van der Waals surface area contributed by atoms with Gasteiger partial charge in [-0.2, -0.15) is 0 Å². The van der Waals surface area contributed by atoms with Crippen LogP contribution in [-0.2, 0) is 22.5 Å². The second-order valence-electron chi connectivity index (χ2n) is 8.51. The van der Waals surface area contributed by atoms with Gasteiger partial charge in [0.25, 0.3) is 0 Å². The van der Waals surface area contributed by atoms with E-state index in [1.807, 2.05) is 77.5 Å². The van der Waals surface area contributed by atoms with Crippen LogP contribution in [0.2, 0.25) is 0 Å². The number of nitrogens with one attached hydrogen (secondary N) is 1. The van der Waals surface area contributed by atoms with Gasteiger partial charge in [-0.3, -0.25) is 4.98 Å². The van der Waals surface area contributed by atoms with E-state index in [0.717, 1.165) is 33.6 Å². The summed E-state index contributed by atoms with van der Waals surface area (Å²) in [4.78, 5) is 28.9. The Labute approximate surface area is 203 Å². The smallest absolute Gasteiger partial charge is 0.407 e. The molecule has 0 fully saturated rings. The molecule has 2 heterocycles. The molecule has 5 rings (SSSR count). The highest BCUT2D eigenvalue weighted by Crippen LogP contribution is 2.44. The maximum Gasteiger partial charge on any atom is 0.407 e. The Kier molecular flexibility index (Phi) is 6.30. The molecule has 1 aliphatic carbocycles. The molecule has 0 saturated carbocycles. The van der Waals surface area contributed by atoms with E-state index in [1.54, 1.807) is 6.20 Å². The number of benzene rings is 2. The van der Waals surface area contributed by atoms with Crippen molar-refractivity contribution < 1.29 is 19.4 Å². The van der Waals surface area contributed by atoms with Crippen LogP contribution in [-0.4, -0.2) is 39.4 Å². The van der Waals surface area contributed by atoms with E-state index in [4.69, 9.17) is 4.74 Å². The lowest BCUT2D eigenvalue weighted by atomic mass is 9.98. The van der Waals surface area contributed by atoms with Gasteiger partial charge in [0.05, 0.1) is 12.2 Å². The van der Waals surface area contributed by atoms with E-state index in [-0.39, 0.29) is 18.9 Å². The minimum absolute atomic E-state index is 0.0907. The summed E-state index contributed by atoms with van der Waals surface area (Å²) in [6.45, 7) is 0.642. The highest BCUT2D eigenvalue weighted by molar-refractivity contribution is 5.81. The monoisotopic (exact) mass is 467 g/mol. The second-order valence-corrected chi connectivity index (χ2v) is 8.51. The molecule has 176 valence electrons. The summed E-state index contributed by atoms with van der Waals surface area (Å²) >= 11 is 0. The number of alkyl carbamates (subject to hydrolysis) is 1. The second kappa shape index (κ2) is 9.85. The Morgan fingerprint density at radius 1 is 0.943 bits per heavy atom. The van der Waals surface area contributed by atoms with Crippen LogP contribution in [0.15, 0.2) is 91.3 Å². The lowest BCUT2D eigenvalue weighted by molar-refractivity contribution is -0.139. The number of amides is 1. The Bertz CT molecular complexity index is 1300. The van der Waals surface area contributed by atoms with Crippen LogP contribution in [0.25, 0.3) is 11.1 Å². The summed E-state index contributed by atoms with van der Waals surface area (Å²) < 4.78 is 7.46. The van der Waals surface area contributed by atoms with Crippen molar-refractivity contribution in [1.82, 2.24) is 14.9 Å². The van der Waals surface area contributed by atoms with Crippen LogP contribution >= 0.6 is 0 Å². The summed E-state index contributed by atoms with van der Waals surface area (Å²) in [5.41, 5.74) is 6.11. The third kappa shape index (κ3) is 4.80. The van der Waals surface area contributed by atoms with Crippen LogP contribution in [0, 0.1) is 0 Å². The lowest BCUT2D eigenvalue weighted by Gasteiger charge is -2.18. The van der Waals surface area contributed by atoms with E-state index in [1.165, 1.54) is 0 Å². The molecular formula is C28H25N3O4. The number of pyridine rings is 1. The van der Waals surface area contributed by atoms with E-state index in [2.05, 4.69) is 22.4 Å². The average Bonchev–Trinajstić information content (AvgIpc) is 3.44. The fraction of sp³-hybridized carbons (Fsp3) is 0.179. The first kappa shape index (κ1) is 22.4. The third-order valence-electron chi connectivity index (χ3n) is 6.33. The van der Waals surface area contributed by atoms with Crippen molar-refractivity contribution in [3.05, 3.63) is 114 Å². The number of aromatic nitrogens is 2. The van der Waals surface area contributed by atoms with Crippen LogP contribution in [0.5, 0.6) is 0 Å². The standard InChI is InChI=1S/C28H25N3O4/c32-27(33)26(16-20-9-7-15-31(20)17-19-8-5-6-14-29-19)30-28(34)35-18-25-23-12-3-1-10-21(23)22-11-2-4-13-24(22)25/h1-15,25-26H,16-18H2,(H,30,34)(H,32,33). The van der Waals surface area contributed by atoms with Crippen LogP contribution in [0.1, 0.15) is 28.4 Å². The van der Waals surface area contributed by atoms with Crippen molar-refractivity contribution in [3.63, 3.8) is 0 Å². The van der Waals surface area contributed by atoms with Crippen molar-refractivity contribution >= 4 is 12.1 Å². The van der Waals surface area contributed by atoms with Gasteiger partial charge in [0.2, 0.25) is 0 Å². The van der Waals surface area contributed by atoms with Crippen LogP contribution < -0.4 is 5.32 Å².